The van der Waals surface area contributed by atoms with Crippen LogP contribution in [0, 0.1) is 11.8 Å². The van der Waals surface area contributed by atoms with E-state index in [-0.39, 0.29) is 0 Å². The molecule has 5 heteroatoms. The molecule has 2 unspecified atom stereocenters. The highest BCUT2D eigenvalue weighted by atomic mass is 16.1. The molecular weight excluding hydrogens is 228 g/mol. The second-order valence-corrected chi connectivity index (χ2v) is 5.36. The van der Waals surface area contributed by atoms with Gasteiger partial charge in [0.15, 0.2) is 0 Å². The van der Waals surface area contributed by atoms with Gasteiger partial charge < -0.3 is 16.4 Å². The number of amides is 1. The maximum absolute atomic E-state index is 11.5. The highest BCUT2D eigenvalue weighted by Crippen LogP contribution is 2.27. The third-order valence-electron chi connectivity index (χ3n) is 3.32. The van der Waals surface area contributed by atoms with Crippen molar-refractivity contribution in [1.82, 2.24) is 4.98 Å². The van der Waals surface area contributed by atoms with Crippen LogP contribution in [0.4, 0.5) is 11.5 Å². The van der Waals surface area contributed by atoms with E-state index in [9.17, 15) is 4.79 Å². The fourth-order valence-corrected chi connectivity index (χ4v) is 2.74. The Balaban J connectivity index is 2.35. The minimum atomic E-state index is -0.476. The van der Waals surface area contributed by atoms with Crippen LogP contribution in [-0.4, -0.2) is 24.0 Å². The van der Waals surface area contributed by atoms with E-state index < -0.39 is 5.91 Å². The van der Waals surface area contributed by atoms with Gasteiger partial charge in [-0.3, -0.25) is 4.79 Å². The number of carbonyl (C=O) groups is 1. The summed E-state index contributed by atoms with van der Waals surface area (Å²) in [6.45, 7) is 6.23. The predicted octanol–water partition coefficient (Wildman–Crippen LogP) is 1.25. The fraction of sp³-hybridized carbons (Fsp3) is 0.538. The molecule has 1 aliphatic rings. The number of piperidine rings is 1. The number of nitrogens with two attached hydrogens (primary N) is 2. The first-order valence-electron chi connectivity index (χ1n) is 6.27. The molecule has 98 valence electrons. The van der Waals surface area contributed by atoms with Gasteiger partial charge >= 0.3 is 0 Å². The van der Waals surface area contributed by atoms with Crippen molar-refractivity contribution in [3.63, 3.8) is 0 Å². The number of hydrogen-bond acceptors (Lipinski definition) is 4. The summed E-state index contributed by atoms with van der Waals surface area (Å²) in [5.74, 6) is 1.37. The molecule has 5 nitrogen and oxygen atoms in total. The molecule has 1 fully saturated rings. The zero-order chi connectivity index (χ0) is 13.3. The van der Waals surface area contributed by atoms with Crippen LogP contribution >= 0.6 is 0 Å². The Morgan fingerprint density at radius 3 is 2.56 bits per heavy atom. The number of nitrogen functional groups attached to an aromatic ring is 1. The Bertz CT molecular complexity index is 450. The van der Waals surface area contributed by atoms with E-state index >= 15 is 0 Å². The van der Waals surface area contributed by atoms with E-state index in [4.69, 9.17) is 11.5 Å². The third kappa shape index (κ3) is 2.55. The molecule has 2 atom stereocenters. The third-order valence-corrected chi connectivity index (χ3v) is 3.32. The minimum absolute atomic E-state index is 0.413. The topological polar surface area (TPSA) is 85.2 Å². The number of aromatic nitrogens is 1. The van der Waals surface area contributed by atoms with Gasteiger partial charge in [-0.25, -0.2) is 4.98 Å². The first kappa shape index (κ1) is 12.7. The predicted molar refractivity (Wildman–Crippen MR) is 72.3 cm³/mol. The molecule has 1 saturated heterocycles. The maximum Gasteiger partial charge on any atom is 0.252 e. The zero-order valence-electron chi connectivity index (χ0n) is 10.9. The smallest absolute Gasteiger partial charge is 0.252 e. The molecular formula is C13H20N4O. The lowest BCUT2D eigenvalue weighted by Gasteiger charge is -2.36. The van der Waals surface area contributed by atoms with Crippen LogP contribution in [0.25, 0.3) is 0 Å². The van der Waals surface area contributed by atoms with E-state index in [0.29, 0.717) is 28.9 Å². The van der Waals surface area contributed by atoms with Gasteiger partial charge in [-0.1, -0.05) is 13.8 Å². The quantitative estimate of drug-likeness (QED) is 0.824. The molecule has 2 heterocycles. The summed E-state index contributed by atoms with van der Waals surface area (Å²) >= 11 is 0. The Morgan fingerprint density at radius 2 is 2.00 bits per heavy atom. The molecule has 1 aromatic rings. The molecule has 1 aromatic heterocycles. The van der Waals surface area contributed by atoms with Crippen molar-refractivity contribution in [3.05, 3.63) is 17.8 Å². The van der Waals surface area contributed by atoms with Crippen molar-refractivity contribution in [2.45, 2.75) is 20.3 Å². The van der Waals surface area contributed by atoms with Crippen LogP contribution in [0.2, 0.25) is 0 Å². The Labute approximate surface area is 107 Å². The van der Waals surface area contributed by atoms with Gasteiger partial charge in [0.1, 0.15) is 5.82 Å². The summed E-state index contributed by atoms with van der Waals surface area (Å²) in [5, 5.41) is 0. The van der Waals surface area contributed by atoms with Gasteiger partial charge in [0, 0.05) is 13.1 Å². The van der Waals surface area contributed by atoms with Crippen molar-refractivity contribution >= 4 is 17.4 Å². The number of rotatable bonds is 2. The lowest BCUT2D eigenvalue weighted by molar-refractivity contribution is 0.1000. The van der Waals surface area contributed by atoms with Crippen molar-refractivity contribution in [2.24, 2.45) is 17.6 Å². The summed E-state index contributed by atoms with van der Waals surface area (Å²) in [4.78, 5) is 17.9. The first-order valence-corrected chi connectivity index (χ1v) is 6.27. The van der Waals surface area contributed by atoms with Crippen LogP contribution in [-0.2, 0) is 0 Å². The lowest BCUT2D eigenvalue weighted by Crippen LogP contribution is -2.40. The van der Waals surface area contributed by atoms with Gasteiger partial charge in [-0.05, 0) is 24.3 Å². The lowest BCUT2D eigenvalue weighted by atomic mass is 9.91. The second-order valence-electron chi connectivity index (χ2n) is 5.36. The Hall–Kier alpha value is -1.78. The molecule has 4 N–H and O–H groups in total. The van der Waals surface area contributed by atoms with Crippen molar-refractivity contribution in [1.29, 1.82) is 0 Å². The molecule has 0 spiro atoms. The van der Waals surface area contributed by atoms with E-state index in [1.54, 1.807) is 12.3 Å². The second kappa shape index (κ2) is 4.84. The van der Waals surface area contributed by atoms with Gasteiger partial charge in [-0.15, -0.1) is 0 Å². The number of pyridine rings is 1. The largest absolute Gasteiger partial charge is 0.397 e. The zero-order valence-corrected chi connectivity index (χ0v) is 10.9. The van der Waals surface area contributed by atoms with Gasteiger partial charge in [0.25, 0.3) is 5.91 Å². The molecule has 0 aliphatic carbocycles. The van der Waals surface area contributed by atoms with Gasteiger partial charge in [0.2, 0.25) is 0 Å². The van der Waals surface area contributed by atoms with Crippen molar-refractivity contribution in [3.8, 4) is 0 Å². The fourth-order valence-electron chi connectivity index (χ4n) is 2.74. The molecule has 0 radical (unpaired) electrons. The van der Waals surface area contributed by atoms with Crippen LogP contribution in [0.5, 0.6) is 0 Å². The molecule has 2 rings (SSSR count). The van der Waals surface area contributed by atoms with Crippen LogP contribution in [0.3, 0.4) is 0 Å². The van der Waals surface area contributed by atoms with E-state index in [1.807, 2.05) is 0 Å². The van der Waals surface area contributed by atoms with Gasteiger partial charge in [-0.2, -0.15) is 0 Å². The van der Waals surface area contributed by atoms with Crippen LogP contribution < -0.4 is 16.4 Å². The first-order chi connectivity index (χ1) is 8.47. The van der Waals surface area contributed by atoms with E-state index in [0.717, 1.165) is 13.1 Å². The highest BCUT2D eigenvalue weighted by Gasteiger charge is 2.25. The summed E-state index contributed by atoms with van der Waals surface area (Å²) in [6, 6.07) is 1.61. The molecule has 18 heavy (non-hydrogen) atoms. The van der Waals surface area contributed by atoms with Crippen LogP contribution in [0.1, 0.15) is 30.6 Å². The summed E-state index contributed by atoms with van der Waals surface area (Å²) in [7, 11) is 0. The van der Waals surface area contributed by atoms with Crippen molar-refractivity contribution < 1.29 is 4.79 Å². The Morgan fingerprint density at radius 1 is 1.39 bits per heavy atom. The normalized spacial score (nSPS) is 24.0. The number of nitrogens with zero attached hydrogens (tertiary/aromatic N) is 2. The number of anilines is 2. The van der Waals surface area contributed by atoms with E-state index in [2.05, 4.69) is 23.7 Å². The van der Waals surface area contributed by atoms with Crippen LogP contribution in [0.15, 0.2) is 12.3 Å². The highest BCUT2D eigenvalue weighted by molar-refractivity contribution is 5.98. The molecule has 0 saturated carbocycles. The van der Waals surface area contributed by atoms with E-state index in [1.165, 1.54) is 6.42 Å². The average Bonchev–Trinajstić information content (AvgIpc) is 2.27. The average molecular weight is 248 g/mol. The molecule has 0 aromatic carbocycles. The Kier molecular flexibility index (Phi) is 3.41. The number of primary amides is 1. The number of carbonyl (C=O) groups excluding carboxylic acids is 1. The molecule has 1 aliphatic heterocycles. The molecule has 0 bridgehead atoms. The maximum atomic E-state index is 11.5. The summed E-state index contributed by atoms with van der Waals surface area (Å²) in [6.07, 6.45) is 2.78. The summed E-state index contributed by atoms with van der Waals surface area (Å²) < 4.78 is 0. The number of hydrogen-bond donors (Lipinski definition) is 2. The SMILES string of the molecule is CC1CC(C)CN(c2ncc(N)cc2C(N)=O)C1. The monoisotopic (exact) mass is 248 g/mol. The minimum Gasteiger partial charge on any atom is -0.397 e. The van der Waals surface area contributed by atoms with Gasteiger partial charge in [0.05, 0.1) is 17.4 Å². The summed E-state index contributed by atoms with van der Waals surface area (Å²) in [5.41, 5.74) is 11.9. The van der Waals surface area contributed by atoms with Crippen molar-refractivity contribution in [2.75, 3.05) is 23.7 Å². The molecule has 1 amide bonds. The standard InChI is InChI=1S/C13H20N4O/c1-8-3-9(2)7-17(6-8)13-11(12(15)18)4-10(14)5-16-13/h4-5,8-9H,3,6-7,14H2,1-2H3,(H2,15,18).